The zero-order valence-electron chi connectivity index (χ0n) is 13.3. The Morgan fingerprint density at radius 3 is 2.48 bits per heavy atom. The summed E-state index contributed by atoms with van der Waals surface area (Å²) < 4.78 is 5.18. The SMILES string of the molecule is COC(=O)C1(Cc2ccccc2)C=CCC=C1[Si](C)(C)C. The molecule has 0 heterocycles. The van der Waals surface area contributed by atoms with Crippen LogP contribution in [-0.4, -0.2) is 21.2 Å². The largest absolute Gasteiger partial charge is 0.468 e. The van der Waals surface area contributed by atoms with Gasteiger partial charge >= 0.3 is 5.97 Å². The molecule has 0 aromatic heterocycles. The molecular weight excluding hydrogens is 276 g/mol. The highest BCUT2D eigenvalue weighted by Crippen LogP contribution is 2.42. The number of methoxy groups -OCH3 is 1. The lowest BCUT2D eigenvalue weighted by molar-refractivity contribution is -0.147. The van der Waals surface area contributed by atoms with Gasteiger partial charge in [-0.25, -0.2) is 0 Å². The maximum absolute atomic E-state index is 12.7. The summed E-state index contributed by atoms with van der Waals surface area (Å²) in [5.41, 5.74) is 0.539. The quantitative estimate of drug-likeness (QED) is 0.474. The van der Waals surface area contributed by atoms with Crippen molar-refractivity contribution in [2.45, 2.75) is 32.5 Å². The molecule has 0 saturated carbocycles. The Bertz CT molecular complexity index is 567. The van der Waals surface area contributed by atoms with Gasteiger partial charge in [-0.3, -0.25) is 4.79 Å². The number of carbonyl (C=O) groups is 1. The number of allylic oxidation sites excluding steroid dienone is 2. The second-order valence-electron chi connectivity index (χ2n) is 6.63. The van der Waals surface area contributed by atoms with E-state index in [1.165, 1.54) is 17.9 Å². The summed E-state index contributed by atoms with van der Waals surface area (Å²) in [5.74, 6) is -0.143. The molecule has 1 aromatic rings. The molecule has 1 aliphatic carbocycles. The molecule has 1 unspecified atom stereocenters. The molecule has 2 nitrogen and oxygen atoms in total. The van der Waals surface area contributed by atoms with Crippen LogP contribution in [0.1, 0.15) is 12.0 Å². The normalized spacial score (nSPS) is 21.8. The van der Waals surface area contributed by atoms with E-state index in [4.69, 9.17) is 4.74 Å². The van der Waals surface area contributed by atoms with Crippen molar-refractivity contribution in [1.29, 1.82) is 0 Å². The molecule has 112 valence electrons. The fourth-order valence-corrected chi connectivity index (χ4v) is 5.55. The van der Waals surface area contributed by atoms with Crippen molar-refractivity contribution in [3.63, 3.8) is 0 Å². The standard InChI is InChI=1S/C18H24O2Si/c1-20-17(19)18(14-15-10-6-5-7-11-15)13-9-8-12-16(18)21(2,3)4/h5-7,9-13H,8,14H2,1-4H3. The summed E-state index contributed by atoms with van der Waals surface area (Å²) in [6.45, 7) is 6.88. The number of hydrogen-bond acceptors (Lipinski definition) is 2. The van der Waals surface area contributed by atoms with E-state index in [1.807, 2.05) is 18.2 Å². The first kappa shape index (κ1) is 15.8. The predicted molar refractivity (Wildman–Crippen MR) is 89.8 cm³/mol. The minimum absolute atomic E-state index is 0.143. The molecular formula is C18H24O2Si. The highest BCUT2D eigenvalue weighted by molar-refractivity contribution is 6.83. The van der Waals surface area contributed by atoms with Gasteiger partial charge in [-0.2, -0.15) is 0 Å². The van der Waals surface area contributed by atoms with Crippen molar-refractivity contribution >= 4 is 14.0 Å². The molecule has 1 aromatic carbocycles. The Kier molecular flexibility index (Phi) is 4.52. The average molecular weight is 300 g/mol. The highest BCUT2D eigenvalue weighted by Gasteiger charge is 2.46. The number of rotatable bonds is 4. The monoisotopic (exact) mass is 300 g/mol. The van der Waals surface area contributed by atoms with Crippen molar-refractivity contribution in [2.75, 3.05) is 7.11 Å². The Labute approximate surface area is 128 Å². The van der Waals surface area contributed by atoms with Gasteiger partial charge < -0.3 is 4.74 Å². The molecule has 0 saturated heterocycles. The van der Waals surface area contributed by atoms with Gasteiger partial charge in [0.15, 0.2) is 0 Å². The first-order valence-electron chi connectivity index (χ1n) is 7.41. The molecule has 0 aliphatic heterocycles. The van der Waals surface area contributed by atoms with Crippen LogP contribution in [0.5, 0.6) is 0 Å². The summed E-state index contributed by atoms with van der Waals surface area (Å²) in [5, 5.41) is 1.29. The predicted octanol–water partition coefficient (Wildman–Crippen LogP) is 4.15. The Balaban J connectivity index is 2.51. The Hall–Kier alpha value is -1.61. The topological polar surface area (TPSA) is 26.3 Å². The second-order valence-corrected chi connectivity index (χ2v) is 11.7. The van der Waals surface area contributed by atoms with Crippen molar-refractivity contribution in [2.24, 2.45) is 5.41 Å². The fraction of sp³-hybridized carbons (Fsp3) is 0.389. The van der Waals surface area contributed by atoms with Crippen molar-refractivity contribution in [3.8, 4) is 0 Å². The molecule has 1 aliphatic rings. The zero-order chi connectivity index (χ0) is 15.5. The van der Waals surface area contributed by atoms with Crippen LogP contribution in [0, 0.1) is 5.41 Å². The van der Waals surface area contributed by atoms with E-state index in [0.29, 0.717) is 6.42 Å². The lowest BCUT2D eigenvalue weighted by Gasteiger charge is -2.39. The third kappa shape index (κ3) is 3.18. The van der Waals surface area contributed by atoms with E-state index in [0.717, 1.165) is 6.42 Å². The van der Waals surface area contributed by atoms with E-state index < -0.39 is 13.5 Å². The van der Waals surface area contributed by atoms with E-state index in [1.54, 1.807) is 0 Å². The number of benzene rings is 1. The van der Waals surface area contributed by atoms with E-state index in [-0.39, 0.29) is 5.97 Å². The minimum Gasteiger partial charge on any atom is -0.468 e. The zero-order valence-corrected chi connectivity index (χ0v) is 14.3. The smallest absolute Gasteiger partial charge is 0.319 e. The summed E-state index contributed by atoms with van der Waals surface area (Å²) in [7, 11) is -0.130. The summed E-state index contributed by atoms with van der Waals surface area (Å²) in [4.78, 5) is 12.7. The van der Waals surface area contributed by atoms with Gasteiger partial charge in [-0.15, -0.1) is 0 Å². The van der Waals surface area contributed by atoms with Crippen LogP contribution in [0.25, 0.3) is 0 Å². The molecule has 3 heteroatoms. The fourth-order valence-electron chi connectivity index (χ4n) is 3.21. The van der Waals surface area contributed by atoms with E-state index >= 15 is 0 Å². The van der Waals surface area contributed by atoms with Crippen molar-refractivity contribution in [1.82, 2.24) is 0 Å². The molecule has 1 atom stereocenters. The van der Waals surface area contributed by atoms with E-state index in [9.17, 15) is 4.79 Å². The lowest BCUT2D eigenvalue weighted by Crippen LogP contribution is -2.44. The maximum Gasteiger partial charge on any atom is 0.319 e. The third-order valence-corrected chi connectivity index (χ3v) is 6.29. The molecule has 0 fully saturated rings. The van der Waals surface area contributed by atoms with Gasteiger partial charge in [0, 0.05) is 0 Å². The summed E-state index contributed by atoms with van der Waals surface area (Å²) >= 11 is 0. The molecule has 21 heavy (non-hydrogen) atoms. The molecule has 0 amide bonds. The maximum atomic E-state index is 12.7. The summed E-state index contributed by atoms with van der Waals surface area (Å²) in [6, 6.07) is 10.2. The molecule has 0 spiro atoms. The second kappa shape index (κ2) is 6.02. The van der Waals surface area contributed by atoms with Gasteiger partial charge in [0.25, 0.3) is 0 Å². The van der Waals surface area contributed by atoms with Crippen LogP contribution in [-0.2, 0) is 16.0 Å². The van der Waals surface area contributed by atoms with Crippen LogP contribution in [0.15, 0.2) is 53.8 Å². The van der Waals surface area contributed by atoms with Crippen molar-refractivity contribution < 1.29 is 9.53 Å². The minimum atomic E-state index is -1.62. The Morgan fingerprint density at radius 2 is 1.90 bits per heavy atom. The van der Waals surface area contributed by atoms with Gasteiger partial charge in [-0.05, 0) is 18.4 Å². The first-order valence-corrected chi connectivity index (χ1v) is 10.9. The number of ether oxygens (including phenoxy) is 1. The van der Waals surface area contributed by atoms with Gasteiger partial charge in [0.1, 0.15) is 5.41 Å². The molecule has 2 rings (SSSR count). The number of esters is 1. The number of hydrogen-bond donors (Lipinski definition) is 0. The van der Waals surface area contributed by atoms with Gasteiger partial charge in [0.2, 0.25) is 0 Å². The van der Waals surface area contributed by atoms with Crippen LogP contribution >= 0.6 is 0 Å². The van der Waals surface area contributed by atoms with Crippen LogP contribution in [0.4, 0.5) is 0 Å². The number of carbonyl (C=O) groups excluding carboxylic acids is 1. The lowest BCUT2D eigenvalue weighted by atomic mass is 9.78. The van der Waals surface area contributed by atoms with Gasteiger partial charge in [-0.1, -0.05) is 73.4 Å². The molecule has 0 N–H and O–H groups in total. The summed E-state index contributed by atoms with van der Waals surface area (Å²) in [6.07, 6.45) is 7.98. The van der Waals surface area contributed by atoms with Crippen molar-refractivity contribution in [3.05, 3.63) is 59.3 Å². The van der Waals surface area contributed by atoms with Crippen LogP contribution in [0.2, 0.25) is 19.6 Å². The Morgan fingerprint density at radius 1 is 1.24 bits per heavy atom. The van der Waals surface area contributed by atoms with E-state index in [2.05, 4.69) is 50.0 Å². The molecule has 0 radical (unpaired) electrons. The third-order valence-electron chi connectivity index (χ3n) is 4.02. The highest BCUT2D eigenvalue weighted by atomic mass is 28.3. The molecule has 0 bridgehead atoms. The average Bonchev–Trinajstić information content (AvgIpc) is 2.46. The van der Waals surface area contributed by atoms with Gasteiger partial charge in [0.05, 0.1) is 15.2 Å². The van der Waals surface area contributed by atoms with Crippen LogP contribution in [0.3, 0.4) is 0 Å². The van der Waals surface area contributed by atoms with Crippen LogP contribution < -0.4 is 0 Å². The first-order chi connectivity index (χ1) is 9.90.